The summed E-state index contributed by atoms with van der Waals surface area (Å²) in [5.41, 5.74) is 0.591. The van der Waals surface area contributed by atoms with Crippen molar-refractivity contribution in [2.75, 3.05) is 13.1 Å². The summed E-state index contributed by atoms with van der Waals surface area (Å²) < 4.78 is 0. The number of hydrogen-bond acceptors (Lipinski definition) is 2. The van der Waals surface area contributed by atoms with Crippen molar-refractivity contribution in [2.45, 2.75) is 25.8 Å². The molecule has 1 aliphatic heterocycles. The molecule has 0 unspecified atom stereocenters. The molecule has 2 N–H and O–H groups in total. The van der Waals surface area contributed by atoms with E-state index in [-0.39, 0.29) is 5.91 Å². The van der Waals surface area contributed by atoms with Gasteiger partial charge in [-0.05, 0) is 32.9 Å². The van der Waals surface area contributed by atoms with Crippen LogP contribution in [0.15, 0.2) is 12.2 Å². The molecule has 1 amide bonds. The van der Waals surface area contributed by atoms with Crippen LogP contribution in [0, 0.1) is 0 Å². The summed E-state index contributed by atoms with van der Waals surface area (Å²) in [6.07, 6.45) is 2.05. The summed E-state index contributed by atoms with van der Waals surface area (Å²) in [6, 6.07) is 0.343. The normalized spacial score (nSPS) is 18.8. The van der Waals surface area contributed by atoms with Crippen LogP contribution in [0.4, 0.5) is 0 Å². The van der Waals surface area contributed by atoms with Crippen molar-refractivity contribution in [2.24, 2.45) is 0 Å². The third-order valence-corrected chi connectivity index (χ3v) is 2.06. The van der Waals surface area contributed by atoms with Gasteiger partial charge in [-0.25, -0.2) is 0 Å². The van der Waals surface area contributed by atoms with Gasteiger partial charge in [0.15, 0.2) is 0 Å². The number of nitrogens with one attached hydrogen (secondary N) is 2. The monoisotopic (exact) mass is 168 g/mol. The van der Waals surface area contributed by atoms with Gasteiger partial charge in [0.1, 0.15) is 0 Å². The Labute approximate surface area is 73.2 Å². The van der Waals surface area contributed by atoms with Crippen molar-refractivity contribution < 1.29 is 4.79 Å². The third kappa shape index (κ3) is 2.66. The van der Waals surface area contributed by atoms with Gasteiger partial charge in [-0.15, -0.1) is 0 Å². The van der Waals surface area contributed by atoms with Gasteiger partial charge in [0.05, 0.1) is 0 Å². The Morgan fingerprint density at radius 2 is 2.08 bits per heavy atom. The highest BCUT2D eigenvalue weighted by molar-refractivity contribution is 5.92. The minimum atomic E-state index is -0.0121. The Morgan fingerprint density at radius 1 is 1.50 bits per heavy atom. The Hall–Kier alpha value is -0.830. The second kappa shape index (κ2) is 4.26. The van der Waals surface area contributed by atoms with Crippen LogP contribution in [0.2, 0.25) is 0 Å². The highest BCUT2D eigenvalue weighted by Crippen LogP contribution is 2.02. The van der Waals surface area contributed by atoms with Crippen molar-refractivity contribution >= 4 is 5.91 Å². The molecule has 1 fully saturated rings. The maximum Gasteiger partial charge on any atom is 0.246 e. The van der Waals surface area contributed by atoms with E-state index in [1.807, 2.05) is 0 Å². The first kappa shape index (κ1) is 9.26. The van der Waals surface area contributed by atoms with E-state index < -0.39 is 0 Å². The maximum absolute atomic E-state index is 11.2. The molecule has 0 aliphatic carbocycles. The number of rotatable bonds is 2. The predicted molar refractivity (Wildman–Crippen MR) is 48.8 cm³/mol. The van der Waals surface area contributed by atoms with Gasteiger partial charge in [0, 0.05) is 11.6 Å². The molecule has 0 atom stereocenters. The smallest absolute Gasteiger partial charge is 0.246 e. The molecule has 0 aromatic rings. The van der Waals surface area contributed by atoms with Gasteiger partial charge < -0.3 is 10.6 Å². The largest absolute Gasteiger partial charge is 0.350 e. The van der Waals surface area contributed by atoms with E-state index in [1.54, 1.807) is 6.92 Å². The second-order valence-corrected chi connectivity index (χ2v) is 3.28. The molecule has 3 heteroatoms. The van der Waals surface area contributed by atoms with Crippen LogP contribution in [-0.4, -0.2) is 25.0 Å². The Kier molecular flexibility index (Phi) is 3.29. The van der Waals surface area contributed by atoms with Gasteiger partial charge in [-0.1, -0.05) is 6.58 Å². The molecule has 3 nitrogen and oxygen atoms in total. The Morgan fingerprint density at radius 3 is 2.58 bits per heavy atom. The zero-order chi connectivity index (χ0) is 8.97. The van der Waals surface area contributed by atoms with Gasteiger partial charge in [0.25, 0.3) is 0 Å². The predicted octanol–water partition coefficient (Wildman–Crippen LogP) is 0.431. The zero-order valence-electron chi connectivity index (χ0n) is 7.52. The first-order valence-electron chi connectivity index (χ1n) is 4.37. The zero-order valence-corrected chi connectivity index (χ0v) is 7.52. The molecule has 1 aliphatic rings. The van der Waals surface area contributed by atoms with Crippen molar-refractivity contribution in [3.05, 3.63) is 12.2 Å². The number of piperidine rings is 1. The van der Waals surface area contributed by atoms with Crippen molar-refractivity contribution in [3.63, 3.8) is 0 Å². The molecule has 0 bridgehead atoms. The average molecular weight is 168 g/mol. The quantitative estimate of drug-likeness (QED) is 0.587. The number of hydrogen-bond donors (Lipinski definition) is 2. The van der Waals surface area contributed by atoms with E-state index in [1.165, 1.54) is 0 Å². The first-order valence-corrected chi connectivity index (χ1v) is 4.37. The number of carbonyl (C=O) groups is 1. The van der Waals surface area contributed by atoms with Crippen molar-refractivity contribution in [1.29, 1.82) is 0 Å². The molecular weight excluding hydrogens is 152 g/mol. The minimum Gasteiger partial charge on any atom is -0.350 e. The fraction of sp³-hybridized carbons (Fsp3) is 0.667. The third-order valence-electron chi connectivity index (χ3n) is 2.06. The van der Waals surface area contributed by atoms with Crippen molar-refractivity contribution in [1.82, 2.24) is 10.6 Å². The molecule has 68 valence electrons. The fourth-order valence-electron chi connectivity index (χ4n) is 1.27. The van der Waals surface area contributed by atoms with E-state index in [0.29, 0.717) is 11.6 Å². The Bertz CT molecular complexity index is 183. The summed E-state index contributed by atoms with van der Waals surface area (Å²) >= 11 is 0. The molecule has 0 aromatic heterocycles. The van der Waals surface area contributed by atoms with Crippen molar-refractivity contribution in [3.8, 4) is 0 Å². The SMILES string of the molecule is C=C(C)C(=O)NC1CCNCC1. The van der Waals surface area contributed by atoms with Crippen LogP contribution in [0.3, 0.4) is 0 Å². The minimum absolute atomic E-state index is 0.0121. The van der Waals surface area contributed by atoms with Gasteiger partial charge in [-0.3, -0.25) is 4.79 Å². The lowest BCUT2D eigenvalue weighted by atomic mass is 10.1. The van der Waals surface area contributed by atoms with Crippen LogP contribution in [0.25, 0.3) is 0 Å². The van der Waals surface area contributed by atoms with Crippen LogP contribution in [0.1, 0.15) is 19.8 Å². The lowest BCUT2D eigenvalue weighted by Crippen LogP contribution is -2.42. The standard InChI is InChI=1S/C9H16N2O/c1-7(2)9(12)11-8-3-5-10-6-4-8/h8,10H,1,3-6H2,2H3,(H,11,12). The number of amides is 1. The first-order chi connectivity index (χ1) is 5.70. The van der Waals surface area contributed by atoms with E-state index in [4.69, 9.17) is 0 Å². The summed E-state index contributed by atoms with van der Waals surface area (Å²) in [5, 5.41) is 6.18. The highest BCUT2D eigenvalue weighted by atomic mass is 16.1. The molecule has 0 radical (unpaired) electrons. The molecular formula is C9H16N2O. The summed E-state index contributed by atoms with van der Waals surface area (Å²) in [4.78, 5) is 11.2. The van der Waals surface area contributed by atoms with Crippen LogP contribution in [0.5, 0.6) is 0 Å². The van der Waals surface area contributed by atoms with E-state index in [0.717, 1.165) is 25.9 Å². The summed E-state index contributed by atoms with van der Waals surface area (Å²) in [6.45, 7) is 7.33. The van der Waals surface area contributed by atoms with Crippen LogP contribution in [-0.2, 0) is 4.79 Å². The van der Waals surface area contributed by atoms with Crippen LogP contribution >= 0.6 is 0 Å². The fourth-order valence-corrected chi connectivity index (χ4v) is 1.27. The molecule has 0 aromatic carbocycles. The lowest BCUT2D eigenvalue weighted by molar-refractivity contribution is -0.118. The molecule has 12 heavy (non-hydrogen) atoms. The highest BCUT2D eigenvalue weighted by Gasteiger charge is 2.14. The topological polar surface area (TPSA) is 41.1 Å². The molecule has 0 spiro atoms. The lowest BCUT2D eigenvalue weighted by Gasteiger charge is -2.23. The number of carbonyl (C=O) groups excluding carboxylic acids is 1. The van der Waals surface area contributed by atoms with Gasteiger partial charge >= 0.3 is 0 Å². The molecule has 1 heterocycles. The molecule has 1 saturated heterocycles. The molecule has 0 saturated carbocycles. The average Bonchev–Trinajstić information content (AvgIpc) is 2.06. The second-order valence-electron chi connectivity index (χ2n) is 3.28. The summed E-state index contributed by atoms with van der Waals surface area (Å²) in [7, 11) is 0. The van der Waals surface area contributed by atoms with Crippen LogP contribution < -0.4 is 10.6 Å². The summed E-state index contributed by atoms with van der Waals surface area (Å²) in [5.74, 6) is -0.0121. The van der Waals surface area contributed by atoms with E-state index in [9.17, 15) is 4.79 Å². The Balaban J connectivity index is 2.29. The van der Waals surface area contributed by atoms with E-state index in [2.05, 4.69) is 17.2 Å². The van der Waals surface area contributed by atoms with Gasteiger partial charge in [0.2, 0.25) is 5.91 Å². The maximum atomic E-state index is 11.2. The molecule has 1 rings (SSSR count). The van der Waals surface area contributed by atoms with Gasteiger partial charge in [-0.2, -0.15) is 0 Å². The van der Waals surface area contributed by atoms with E-state index >= 15 is 0 Å².